The summed E-state index contributed by atoms with van der Waals surface area (Å²) < 4.78 is 21.0. The summed E-state index contributed by atoms with van der Waals surface area (Å²) in [4.78, 5) is 36.7. The van der Waals surface area contributed by atoms with Crippen molar-refractivity contribution in [3.63, 3.8) is 0 Å². The fourth-order valence-corrected chi connectivity index (χ4v) is 2.86. The first-order chi connectivity index (χ1) is 14.9. The molecule has 1 heterocycles. The number of alkyl carbamates (subject to hydrolysis) is 1. The van der Waals surface area contributed by atoms with Crippen LogP contribution in [0.15, 0.2) is 43.0 Å². The van der Waals surface area contributed by atoms with Gasteiger partial charge < -0.3 is 30.0 Å². The van der Waals surface area contributed by atoms with E-state index in [1.165, 1.54) is 6.08 Å². The predicted octanol–water partition coefficient (Wildman–Crippen LogP) is 2.19. The number of nitrogens with one attached hydrogen (secondary N) is 1. The maximum absolute atomic E-state index is 12.4. The summed E-state index contributed by atoms with van der Waals surface area (Å²) in [5, 5.41) is 2.38. The lowest BCUT2D eigenvalue weighted by atomic mass is 10.1. The van der Waals surface area contributed by atoms with Crippen LogP contribution in [0.1, 0.15) is 38.2 Å². The highest BCUT2D eigenvalue weighted by atomic mass is 16.7. The van der Waals surface area contributed by atoms with Gasteiger partial charge in [0.2, 0.25) is 0 Å². The van der Waals surface area contributed by atoms with E-state index in [-0.39, 0.29) is 13.0 Å². The molecule has 31 heavy (non-hydrogen) atoms. The van der Waals surface area contributed by atoms with Crippen molar-refractivity contribution in [2.75, 3.05) is 6.61 Å². The SMILES string of the molecule is C=CCC(NC(=O)OCc1ccccc1)C(=O)OC(=O)[C@@H](N)[C@@H](C)OC1CCCCO1. The second-order valence-electron chi connectivity index (χ2n) is 7.19. The monoisotopic (exact) mass is 434 g/mol. The van der Waals surface area contributed by atoms with Crippen LogP contribution in [0.5, 0.6) is 0 Å². The minimum Gasteiger partial charge on any atom is -0.445 e. The normalized spacial score (nSPS) is 18.8. The van der Waals surface area contributed by atoms with E-state index in [0.29, 0.717) is 13.0 Å². The Bertz CT molecular complexity index is 735. The van der Waals surface area contributed by atoms with E-state index in [0.717, 1.165) is 18.4 Å². The minimum atomic E-state index is -1.19. The van der Waals surface area contributed by atoms with Crippen molar-refractivity contribution in [3.8, 4) is 0 Å². The van der Waals surface area contributed by atoms with E-state index in [4.69, 9.17) is 24.7 Å². The van der Waals surface area contributed by atoms with Crippen LogP contribution in [-0.4, -0.2) is 49.1 Å². The van der Waals surface area contributed by atoms with Gasteiger partial charge in [0, 0.05) is 6.61 Å². The first-order valence-electron chi connectivity index (χ1n) is 10.3. The van der Waals surface area contributed by atoms with Gasteiger partial charge in [-0.3, -0.25) is 0 Å². The molecule has 2 unspecified atom stereocenters. The molecule has 1 fully saturated rings. The molecule has 9 nitrogen and oxygen atoms in total. The smallest absolute Gasteiger partial charge is 0.408 e. The Labute approximate surface area is 181 Å². The zero-order chi connectivity index (χ0) is 22.6. The van der Waals surface area contributed by atoms with E-state index in [9.17, 15) is 14.4 Å². The van der Waals surface area contributed by atoms with E-state index in [1.807, 2.05) is 18.2 Å². The molecule has 0 aromatic heterocycles. The molecular weight excluding hydrogens is 404 g/mol. The van der Waals surface area contributed by atoms with Crippen LogP contribution < -0.4 is 11.1 Å². The number of ether oxygens (including phenoxy) is 4. The summed E-state index contributed by atoms with van der Waals surface area (Å²) in [5.41, 5.74) is 6.66. The number of hydrogen-bond donors (Lipinski definition) is 2. The number of esters is 2. The lowest BCUT2D eigenvalue weighted by molar-refractivity contribution is -0.193. The summed E-state index contributed by atoms with van der Waals surface area (Å²) in [5.74, 6) is -1.92. The first kappa shape index (κ1) is 24.5. The van der Waals surface area contributed by atoms with Gasteiger partial charge in [-0.05, 0) is 38.2 Å². The third-order valence-corrected chi connectivity index (χ3v) is 4.68. The average Bonchev–Trinajstić information content (AvgIpc) is 2.78. The predicted molar refractivity (Wildman–Crippen MR) is 112 cm³/mol. The van der Waals surface area contributed by atoms with Crippen molar-refractivity contribution in [1.29, 1.82) is 0 Å². The van der Waals surface area contributed by atoms with Crippen molar-refractivity contribution in [2.45, 2.75) is 63.7 Å². The first-order valence-corrected chi connectivity index (χ1v) is 10.3. The molecule has 4 atom stereocenters. The van der Waals surface area contributed by atoms with Gasteiger partial charge in [-0.2, -0.15) is 0 Å². The van der Waals surface area contributed by atoms with Gasteiger partial charge in [0.1, 0.15) is 18.7 Å². The van der Waals surface area contributed by atoms with Crippen LogP contribution in [0, 0.1) is 0 Å². The quantitative estimate of drug-likeness (QED) is 0.326. The Morgan fingerprint density at radius 2 is 2.00 bits per heavy atom. The van der Waals surface area contributed by atoms with Gasteiger partial charge in [0.25, 0.3) is 0 Å². The maximum Gasteiger partial charge on any atom is 0.408 e. The summed E-state index contributed by atoms with van der Waals surface area (Å²) in [6.07, 6.45) is 2.12. The second-order valence-corrected chi connectivity index (χ2v) is 7.19. The summed E-state index contributed by atoms with van der Waals surface area (Å²) in [6.45, 7) is 5.77. The van der Waals surface area contributed by atoms with E-state index in [2.05, 4.69) is 11.9 Å². The summed E-state index contributed by atoms with van der Waals surface area (Å²) in [7, 11) is 0. The molecule has 0 aliphatic carbocycles. The highest BCUT2D eigenvalue weighted by molar-refractivity contribution is 5.92. The van der Waals surface area contributed by atoms with Gasteiger partial charge in [0.15, 0.2) is 6.29 Å². The molecule has 1 aliphatic rings. The Hall–Kier alpha value is -2.75. The van der Waals surface area contributed by atoms with Gasteiger partial charge >= 0.3 is 18.0 Å². The van der Waals surface area contributed by atoms with Gasteiger partial charge in [-0.25, -0.2) is 14.4 Å². The Kier molecular flexibility index (Phi) is 10.2. The molecule has 0 bridgehead atoms. The molecule has 170 valence electrons. The molecule has 1 aliphatic heterocycles. The van der Waals surface area contributed by atoms with E-state index >= 15 is 0 Å². The maximum atomic E-state index is 12.4. The number of carbonyl (C=O) groups is 3. The molecule has 0 radical (unpaired) electrons. The minimum absolute atomic E-state index is 0.0322. The number of rotatable bonds is 10. The molecule has 3 N–H and O–H groups in total. The zero-order valence-corrected chi connectivity index (χ0v) is 17.7. The molecular formula is C22H30N2O7. The van der Waals surface area contributed by atoms with Crippen LogP contribution in [0.25, 0.3) is 0 Å². The van der Waals surface area contributed by atoms with Crippen molar-refractivity contribution >= 4 is 18.0 Å². The molecule has 1 aromatic rings. The fourth-order valence-electron chi connectivity index (χ4n) is 2.86. The van der Waals surface area contributed by atoms with Crippen molar-refractivity contribution in [1.82, 2.24) is 5.32 Å². The van der Waals surface area contributed by atoms with Gasteiger partial charge in [-0.15, -0.1) is 6.58 Å². The zero-order valence-electron chi connectivity index (χ0n) is 17.7. The number of carbonyl (C=O) groups excluding carboxylic acids is 3. The van der Waals surface area contributed by atoms with Crippen molar-refractivity contribution in [3.05, 3.63) is 48.6 Å². The second kappa shape index (κ2) is 12.8. The average molecular weight is 434 g/mol. The Morgan fingerprint density at radius 3 is 2.65 bits per heavy atom. The van der Waals surface area contributed by atoms with Crippen LogP contribution in [0.3, 0.4) is 0 Å². The summed E-state index contributed by atoms with van der Waals surface area (Å²) in [6, 6.07) is 6.73. The van der Waals surface area contributed by atoms with Crippen LogP contribution in [0.4, 0.5) is 4.79 Å². The molecule has 1 aromatic carbocycles. The topological polar surface area (TPSA) is 126 Å². The highest BCUT2D eigenvalue weighted by Gasteiger charge is 2.31. The van der Waals surface area contributed by atoms with Crippen LogP contribution in [-0.2, 0) is 35.1 Å². The van der Waals surface area contributed by atoms with Gasteiger partial charge in [0.05, 0.1) is 6.10 Å². The Balaban J connectivity index is 1.82. The van der Waals surface area contributed by atoms with Crippen LogP contribution >= 0.6 is 0 Å². The number of hydrogen-bond acceptors (Lipinski definition) is 8. The Morgan fingerprint density at radius 1 is 1.26 bits per heavy atom. The lowest BCUT2D eigenvalue weighted by Gasteiger charge is -2.28. The molecule has 0 saturated carbocycles. The van der Waals surface area contributed by atoms with Crippen molar-refractivity contribution in [2.24, 2.45) is 5.73 Å². The third-order valence-electron chi connectivity index (χ3n) is 4.68. The third kappa shape index (κ3) is 8.49. The fraction of sp³-hybridized carbons (Fsp3) is 0.500. The highest BCUT2D eigenvalue weighted by Crippen LogP contribution is 2.16. The molecule has 1 amide bonds. The molecule has 0 spiro atoms. The number of benzene rings is 1. The number of nitrogens with two attached hydrogens (primary N) is 1. The molecule has 2 rings (SSSR count). The number of amides is 1. The molecule has 1 saturated heterocycles. The van der Waals surface area contributed by atoms with E-state index in [1.54, 1.807) is 19.1 Å². The van der Waals surface area contributed by atoms with E-state index < -0.39 is 42.5 Å². The molecule has 9 heteroatoms. The van der Waals surface area contributed by atoms with Gasteiger partial charge in [-0.1, -0.05) is 36.4 Å². The largest absolute Gasteiger partial charge is 0.445 e. The lowest BCUT2D eigenvalue weighted by Crippen LogP contribution is -2.48. The standard InChI is InChI=1S/C22H30N2O7/c1-3-9-17(24-22(27)29-14-16-10-5-4-6-11-16)20(25)31-21(26)19(23)15(2)30-18-12-7-8-13-28-18/h3-6,10-11,15,17-19H,1,7-9,12-14,23H2,2H3,(H,24,27)/t15-,17?,18?,19+/m1/s1. The van der Waals surface area contributed by atoms with Crippen LogP contribution in [0.2, 0.25) is 0 Å². The summed E-state index contributed by atoms with van der Waals surface area (Å²) >= 11 is 0. The van der Waals surface area contributed by atoms with Crippen molar-refractivity contribution < 1.29 is 33.3 Å².